The van der Waals surface area contributed by atoms with Gasteiger partial charge < -0.3 is 9.92 Å². The molecule has 1 saturated heterocycles. The van der Waals surface area contributed by atoms with Crippen LogP contribution in [0.2, 0.25) is 0 Å². The van der Waals surface area contributed by atoms with Crippen molar-refractivity contribution < 1.29 is 32.7 Å². The van der Waals surface area contributed by atoms with Crippen molar-refractivity contribution in [2.75, 3.05) is 37.6 Å². The lowest BCUT2D eigenvalue weighted by Crippen LogP contribution is -2.37. The number of hydrogen-bond donors (Lipinski definition) is 1. The number of benzene rings is 1. The highest BCUT2D eigenvalue weighted by molar-refractivity contribution is 7.97. The molecule has 1 aromatic rings. The number of nitrogens with zero attached hydrogens (tertiary/aromatic N) is 1. The zero-order chi connectivity index (χ0) is 19.0. The third kappa shape index (κ3) is 5.06. The quantitative estimate of drug-likeness (QED) is 0.313. The van der Waals surface area contributed by atoms with E-state index in [9.17, 15) is 25.3 Å². The molecule has 12 heteroatoms. The van der Waals surface area contributed by atoms with Gasteiger partial charge in [0.05, 0.1) is 18.8 Å². The van der Waals surface area contributed by atoms with E-state index >= 15 is 0 Å². The number of sulfonamides is 2. The highest BCUT2D eigenvalue weighted by atomic mass is 32.3. The molecule has 1 heterocycles. The van der Waals surface area contributed by atoms with Gasteiger partial charge in [-0.1, -0.05) is 6.07 Å². The molecule has 0 bridgehead atoms. The molecule has 0 amide bonds. The molecule has 0 radical (unpaired) electrons. The van der Waals surface area contributed by atoms with Crippen LogP contribution < -0.4 is 9.92 Å². The van der Waals surface area contributed by atoms with Crippen molar-refractivity contribution in [1.29, 1.82) is 0 Å². The number of quaternary nitrogens is 1. The molecule has 138 valence electrons. The van der Waals surface area contributed by atoms with Crippen molar-refractivity contribution in [2.45, 2.75) is 6.92 Å². The fourth-order valence-corrected chi connectivity index (χ4v) is 5.82. The van der Waals surface area contributed by atoms with Crippen LogP contribution in [-0.2, 0) is 30.2 Å². The van der Waals surface area contributed by atoms with Gasteiger partial charge in [0.15, 0.2) is 13.1 Å². The van der Waals surface area contributed by atoms with E-state index in [-0.39, 0.29) is 18.8 Å². The van der Waals surface area contributed by atoms with Crippen LogP contribution in [0.5, 0.6) is 5.75 Å². The van der Waals surface area contributed by atoms with Crippen molar-refractivity contribution in [1.82, 2.24) is 0 Å². The Kier molecular flexibility index (Phi) is 5.60. The first-order valence-electron chi connectivity index (χ1n) is 6.62. The minimum Gasteiger partial charge on any atom is -0.399 e. The molecule has 9 nitrogen and oxygen atoms in total. The Labute approximate surface area is 142 Å². The molecule has 1 fully saturated rings. The summed E-state index contributed by atoms with van der Waals surface area (Å²) in [4.78, 5) is 0. The smallest absolute Gasteiger partial charge is 0.308 e. The summed E-state index contributed by atoms with van der Waals surface area (Å²) in [5.41, 5.74) is 6.68. The van der Waals surface area contributed by atoms with Crippen LogP contribution in [0.3, 0.4) is 0 Å². The number of rotatable bonds is 4. The summed E-state index contributed by atoms with van der Waals surface area (Å²) in [6, 6.07) is 4.87. The second-order valence-corrected chi connectivity index (χ2v) is 11.7. The Hall–Kier alpha value is -1.37. The summed E-state index contributed by atoms with van der Waals surface area (Å²) in [7, 11) is -10.5. The van der Waals surface area contributed by atoms with Crippen LogP contribution in [-0.4, -0.2) is 60.4 Å². The molecule has 2 rings (SSSR count). The van der Waals surface area contributed by atoms with Gasteiger partial charge in [-0.15, -0.1) is 3.29 Å². The van der Waals surface area contributed by atoms with Crippen LogP contribution in [0.4, 0.5) is 5.69 Å². The molecular formula is C12H21N2O7S3+. The van der Waals surface area contributed by atoms with Gasteiger partial charge in [-0.25, -0.2) is 0 Å². The maximum absolute atomic E-state index is 11.0. The van der Waals surface area contributed by atoms with Gasteiger partial charge >= 0.3 is 30.2 Å². The Balaban J connectivity index is 0.000000243. The summed E-state index contributed by atoms with van der Waals surface area (Å²) in [5.74, 6) is 0.280. The number of hydrogen-bond acceptors (Lipinski definition) is 8. The first-order chi connectivity index (χ1) is 10.6. The van der Waals surface area contributed by atoms with Gasteiger partial charge in [0, 0.05) is 11.8 Å². The van der Waals surface area contributed by atoms with Crippen molar-refractivity contribution in [3.05, 3.63) is 23.8 Å². The van der Waals surface area contributed by atoms with Gasteiger partial charge in [0.1, 0.15) is 5.75 Å². The summed E-state index contributed by atoms with van der Waals surface area (Å²) in [5, 5.41) is 0. The first-order valence-corrected chi connectivity index (χ1v) is 12.1. The molecule has 0 saturated carbocycles. The fraction of sp³-hybridized carbons (Fsp3) is 0.500. The molecule has 0 aliphatic carbocycles. The largest absolute Gasteiger partial charge is 0.399 e. The third-order valence-electron chi connectivity index (χ3n) is 3.25. The molecule has 24 heavy (non-hydrogen) atoms. The maximum Gasteiger partial charge on any atom is 0.308 e. The minimum atomic E-state index is -3.50. The second kappa shape index (κ2) is 6.50. The molecule has 1 aromatic carbocycles. The van der Waals surface area contributed by atoms with Crippen LogP contribution in [0.15, 0.2) is 18.2 Å². The zero-order valence-electron chi connectivity index (χ0n) is 13.8. The van der Waals surface area contributed by atoms with E-state index < -0.39 is 33.5 Å². The molecular weight excluding hydrogens is 380 g/mol. The van der Waals surface area contributed by atoms with Crippen LogP contribution in [0, 0.1) is 6.92 Å². The lowest BCUT2D eigenvalue weighted by Gasteiger charge is -2.10. The van der Waals surface area contributed by atoms with Gasteiger partial charge in [-0.3, -0.25) is 0 Å². The second-order valence-electron chi connectivity index (χ2n) is 5.54. The van der Waals surface area contributed by atoms with Crippen molar-refractivity contribution in [3.63, 3.8) is 0 Å². The molecule has 2 N–H and O–H groups in total. The average Bonchev–Trinajstić information content (AvgIpc) is 3.12. The maximum atomic E-state index is 11.0. The van der Waals surface area contributed by atoms with Crippen LogP contribution in [0.1, 0.15) is 5.56 Å². The molecule has 0 unspecified atom stereocenters. The summed E-state index contributed by atoms with van der Waals surface area (Å²) in [6.45, 7) is 2.13. The van der Waals surface area contributed by atoms with E-state index in [4.69, 9.17) is 9.92 Å². The zero-order valence-corrected chi connectivity index (χ0v) is 16.2. The highest BCUT2D eigenvalue weighted by Crippen LogP contribution is 2.31. The molecule has 1 aliphatic heterocycles. The first kappa shape index (κ1) is 20.7. The lowest BCUT2D eigenvalue weighted by molar-refractivity contribution is -0.504. The van der Waals surface area contributed by atoms with Gasteiger partial charge in [-0.05, 0) is 18.6 Å². The predicted octanol–water partition coefficient (Wildman–Crippen LogP) is -0.348. The molecule has 0 spiro atoms. The third-order valence-corrected chi connectivity index (χ3v) is 8.51. The molecule has 1 aliphatic rings. The van der Waals surface area contributed by atoms with Gasteiger partial charge in [-0.2, -0.15) is 25.3 Å². The SMILES string of the molecule is CS(=O)(=O)[N+]1(S(C)(=O)=O)CC1.Cc1ccc(N)cc1OS(C)(=O)=O. The highest BCUT2D eigenvalue weighted by Gasteiger charge is 2.60. The van der Waals surface area contributed by atoms with Crippen molar-refractivity contribution >= 4 is 35.9 Å². The van der Waals surface area contributed by atoms with Crippen molar-refractivity contribution in [3.8, 4) is 5.75 Å². The van der Waals surface area contributed by atoms with E-state index in [2.05, 4.69) is 0 Å². The van der Waals surface area contributed by atoms with E-state index in [1.165, 1.54) is 6.07 Å². The Morgan fingerprint density at radius 2 is 1.42 bits per heavy atom. The number of anilines is 1. The van der Waals surface area contributed by atoms with Gasteiger partial charge in [0.2, 0.25) is 0 Å². The average molecular weight is 402 g/mol. The topological polar surface area (TPSA) is 138 Å². The number of nitrogen functional groups attached to an aromatic ring is 1. The fourth-order valence-electron chi connectivity index (χ4n) is 1.86. The summed E-state index contributed by atoms with van der Waals surface area (Å²) in [6.07, 6.45) is 2.89. The minimum absolute atomic E-state index is 0.192. The lowest BCUT2D eigenvalue weighted by atomic mass is 10.2. The molecule has 0 atom stereocenters. The van der Waals surface area contributed by atoms with E-state index in [1.807, 2.05) is 0 Å². The Morgan fingerprint density at radius 1 is 0.958 bits per heavy atom. The van der Waals surface area contributed by atoms with Crippen LogP contribution in [0.25, 0.3) is 0 Å². The monoisotopic (exact) mass is 401 g/mol. The predicted molar refractivity (Wildman–Crippen MR) is 90.7 cm³/mol. The number of nitrogens with two attached hydrogens (primary N) is 1. The Morgan fingerprint density at radius 3 is 1.71 bits per heavy atom. The van der Waals surface area contributed by atoms with E-state index in [1.54, 1.807) is 19.1 Å². The van der Waals surface area contributed by atoms with E-state index in [0.717, 1.165) is 24.3 Å². The summed E-state index contributed by atoms with van der Waals surface area (Å²) < 4.78 is 69.4. The Bertz CT molecular complexity index is 897. The normalized spacial score (nSPS) is 16.7. The van der Waals surface area contributed by atoms with Gasteiger partial charge in [0.25, 0.3) is 0 Å². The standard InChI is InChI=1S/C8H11NO3S.C4H10NO4S2/c1-6-3-4-7(9)5-8(6)12-13(2,10)11;1-10(6,7)5(3-4-5)11(2,8)9/h3-5H,9H2,1-2H3;3-4H2,1-2H3/q;+1. The molecule has 0 aromatic heterocycles. The van der Waals surface area contributed by atoms with E-state index in [0.29, 0.717) is 5.69 Å². The number of aryl methyl sites for hydroxylation is 1. The van der Waals surface area contributed by atoms with Crippen LogP contribution >= 0.6 is 0 Å². The van der Waals surface area contributed by atoms with Crippen molar-refractivity contribution in [2.24, 2.45) is 0 Å². The summed E-state index contributed by atoms with van der Waals surface area (Å²) >= 11 is 0.